The molecule has 0 fully saturated rings. The zero-order chi connectivity index (χ0) is 10.1. The maximum atomic E-state index is 5.67. The highest BCUT2D eigenvalue weighted by Gasteiger charge is 2.14. The van der Waals surface area contributed by atoms with Crippen LogP contribution in [0.5, 0.6) is 0 Å². The second-order valence-electron chi connectivity index (χ2n) is 2.81. The van der Waals surface area contributed by atoms with Crippen LogP contribution in [0, 0.1) is 4.77 Å². The van der Waals surface area contributed by atoms with E-state index in [1.54, 1.807) is 11.0 Å². The van der Waals surface area contributed by atoms with E-state index in [4.69, 9.17) is 18.1 Å². The van der Waals surface area contributed by atoms with Crippen LogP contribution in [-0.2, 0) is 0 Å². The third-order valence-corrected chi connectivity index (χ3v) is 2.23. The van der Waals surface area contributed by atoms with Gasteiger partial charge in [-0.15, -0.1) is 0 Å². The Morgan fingerprint density at radius 1 is 1.64 bits per heavy atom. The first-order chi connectivity index (χ1) is 6.70. The van der Waals surface area contributed by atoms with Crippen LogP contribution in [0.15, 0.2) is 12.7 Å². The number of nitrogens with zero attached hydrogens (tertiary/aromatic N) is 5. The Bertz CT molecular complexity index is 467. The first-order valence-corrected chi connectivity index (χ1v) is 4.37. The monoisotopic (exact) mass is 211 g/mol. The van der Waals surface area contributed by atoms with Crippen molar-refractivity contribution in [1.29, 1.82) is 0 Å². The van der Waals surface area contributed by atoms with Crippen LogP contribution in [0.3, 0.4) is 0 Å². The molecule has 0 bridgehead atoms. The minimum absolute atomic E-state index is 0.101. The summed E-state index contributed by atoms with van der Waals surface area (Å²) >= 11 is 4.90. The van der Waals surface area contributed by atoms with Gasteiger partial charge in [0.05, 0.1) is 0 Å². The standard InChI is InChI=1S/C6H9N7S/c1-4(12-3-8-2-9-12)5-10-11-6(14)13(5)7/h2-4H,7H2,1H3,(H,11,14). The van der Waals surface area contributed by atoms with Crippen LogP contribution in [0.1, 0.15) is 18.8 Å². The lowest BCUT2D eigenvalue weighted by Crippen LogP contribution is -2.19. The number of hydrogen-bond acceptors (Lipinski definition) is 5. The topological polar surface area (TPSA) is 90.3 Å². The molecule has 2 aromatic heterocycles. The highest BCUT2D eigenvalue weighted by Crippen LogP contribution is 2.11. The van der Waals surface area contributed by atoms with Gasteiger partial charge in [-0.05, 0) is 19.1 Å². The number of nitrogens with one attached hydrogen (secondary N) is 1. The Balaban J connectivity index is 2.41. The molecular formula is C6H9N7S. The minimum Gasteiger partial charge on any atom is -0.335 e. The second-order valence-corrected chi connectivity index (χ2v) is 3.20. The van der Waals surface area contributed by atoms with Gasteiger partial charge < -0.3 is 5.84 Å². The highest BCUT2D eigenvalue weighted by molar-refractivity contribution is 7.71. The Morgan fingerprint density at radius 3 is 2.93 bits per heavy atom. The van der Waals surface area contributed by atoms with Crippen LogP contribution in [0.2, 0.25) is 0 Å². The first kappa shape index (κ1) is 8.88. The Kier molecular flexibility index (Phi) is 2.04. The fourth-order valence-corrected chi connectivity index (χ4v) is 1.29. The lowest BCUT2D eigenvalue weighted by molar-refractivity contribution is 0.522. The highest BCUT2D eigenvalue weighted by atomic mass is 32.1. The molecule has 0 amide bonds. The van der Waals surface area contributed by atoms with E-state index in [2.05, 4.69) is 20.3 Å². The summed E-state index contributed by atoms with van der Waals surface area (Å²) in [5.74, 6) is 6.28. The number of H-pyrrole nitrogens is 1. The predicted molar refractivity (Wildman–Crippen MR) is 51.4 cm³/mol. The van der Waals surface area contributed by atoms with Gasteiger partial charge in [-0.2, -0.15) is 10.2 Å². The molecule has 0 saturated carbocycles. The Hall–Kier alpha value is -1.70. The molecule has 1 unspecified atom stereocenters. The molecule has 7 nitrogen and oxygen atoms in total. The summed E-state index contributed by atoms with van der Waals surface area (Å²) in [7, 11) is 0. The number of hydrogen-bond donors (Lipinski definition) is 2. The van der Waals surface area contributed by atoms with Crippen LogP contribution in [-0.4, -0.2) is 29.6 Å². The third-order valence-electron chi connectivity index (χ3n) is 1.94. The van der Waals surface area contributed by atoms with Crippen LogP contribution < -0.4 is 5.84 Å². The van der Waals surface area contributed by atoms with Gasteiger partial charge in [-0.1, -0.05) is 0 Å². The van der Waals surface area contributed by atoms with E-state index >= 15 is 0 Å². The van der Waals surface area contributed by atoms with E-state index in [-0.39, 0.29) is 6.04 Å². The van der Waals surface area contributed by atoms with Gasteiger partial charge in [0.25, 0.3) is 0 Å². The molecule has 74 valence electrons. The molecule has 0 radical (unpaired) electrons. The molecule has 0 spiro atoms. The third kappa shape index (κ3) is 1.29. The molecule has 3 N–H and O–H groups in total. The van der Waals surface area contributed by atoms with Crippen molar-refractivity contribution in [3.8, 4) is 0 Å². The lowest BCUT2D eigenvalue weighted by atomic mass is 10.3. The number of aromatic amines is 1. The van der Waals surface area contributed by atoms with E-state index in [0.717, 1.165) is 0 Å². The summed E-state index contributed by atoms with van der Waals surface area (Å²) in [6, 6.07) is -0.101. The van der Waals surface area contributed by atoms with Crippen molar-refractivity contribution in [2.75, 3.05) is 5.84 Å². The van der Waals surface area contributed by atoms with E-state index in [1.807, 2.05) is 6.92 Å². The molecule has 0 saturated heterocycles. The number of rotatable bonds is 2. The maximum absolute atomic E-state index is 5.67. The normalized spacial score (nSPS) is 12.9. The van der Waals surface area contributed by atoms with Crippen molar-refractivity contribution in [2.45, 2.75) is 13.0 Å². The summed E-state index contributed by atoms with van der Waals surface area (Å²) in [4.78, 5) is 3.84. The predicted octanol–water partition coefficient (Wildman–Crippen LogP) is -0.145. The van der Waals surface area contributed by atoms with Crippen LogP contribution in [0.4, 0.5) is 0 Å². The average Bonchev–Trinajstić information content (AvgIpc) is 2.77. The van der Waals surface area contributed by atoms with Gasteiger partial charge in [0.1, 0.15) is 18.7 Å². The van der Waals surface area contributed by atoms with Crippen molar-refractivity contribution >= 4 is 12.2 Å². The summed E-state index contributed by atoms with van der Waals surface area (Å²) in [5.41, 5.74) is 0. The summed E-state index contributed by atoms with van der Waals surface area (Å²) in [5, 5.41) is 10.6. The molecule has 2 rings (SSSR count). The van der Waals surface area contributed by atoms with Crippen LogP contribution in [0.25, 0.3) is 0 Å². The van der Waals surface area contributed by atoms with E-state index in [9.17, 15) is 0 Å². The Morgan fingerprint density at radius 2 is 2.43 bits per heavy atom. The fraction of sp³-hybridized carbons (Fsp3) is 0.333. The molecule has 8 heteroatoms. The molecule has 0 aliphatic rings. The molecule has 0 aromatic carbocycles. The molecule has 0 aliphatic carbocycles. The van der Waals surface area contributed by atoms with Gasteiger partial charge in [-0.3, -0.25) is 5.10 Å². The summed E-state index contributed by atoms with van der Waals surface area (Å²) < 4.78 is 3.35. The fourth-order valence-electron chi connectivity index (χ4n) is 1.15. The zero-order valence-corrected chi connectivity index (χ0v) is 8.27. The van der Waals surface area contributed by atoms with E-state index in [1.165, 1.54) is 11.0 Å². The largest absolute Gasteiger partial charge is 0.335 e. The smallest absolute Gasteiger partial charge is 0.214 e. The van der Waals surface area contributed by atoms with E-state index < -0.39 is 0 Å². The number of nitrogen functional groups attached to an aromatic ring is 1. The zero-order valence-electron chi connectivity index (χ0n) is 7.45. The molecule has 1 atom stereocenters. The molecule has 14 heavy (non-hydrogen) atoms. The Labute approximate surface area is 84.5 Å². The first-order valence-electron chi connectivity index (χ1n) is 3.96. The van der Waals surface area contributed by atoms with Crippen molar-refractivity contribution in [1.82, 2.24) is 29.6 Å². The summed E-state index contributed by atoms with van der Waals surface area (Å²) in [6.45, 7) is 1.91. The maximum Gasteiger partial charge on any atom is 0.214 e. The quantitative estimate of drug-likeness (QED) is 0.532. The molecular weight excluding hydrogens is 202 g/mol. The van der Waals surface area contributed by atoms with Gasteiger partial charge >= 0.3 is 0 Å². The van der Waals surface area contributed by atoms with Crippen molar-refractivity contribution < 1.29 is 0 Å². The number of aromatic nitrogens is 6. The number of nitrogens with two attached hydrogens (primary N) is 1. The van der Waals surface area contributed by atoms with Crippen molar-refractivity contribution in [3.05, 3.63) is 23.3 Å². The lowest BCUT2D eigenvalue weighted by Gasteiger charge is -2.09. The van der Waals surface area contributed by atoms with Crippen molar-refractivity contribution in [2.24, 2.45) is 0 Å². The van der Waals surface area contributed by atoms with Gasteiger partial charge in [-0.25, -0.2) is 14.3 Å². The SMILES string of the molecule is CC(c1n[nH]c(=S)n1N)n1cncn1. The van der Waals surface area contributed by atoms with Crippen LogP contribution >= 0.6 is 12.2 Å². The molecule has 0 aliphatic heterocycles. The minimum atomic E-state index is -0.101. The molecule has 2 aromatic rings. The second kappa shape index (κ2) is 3.22. The van der Waals surface area contributed by atoms with Crippen molar-refractivity contribution in [3.63, 3.8) is 0 Å². The average molecular weight is 211 g/mol. The summed E-state index contributed by atoms with van der Waals surface area (Å²) in [6.07, 6.45) is 3.06. The van der Waals surface area contributed by atoms with Gasteiger partial charge in [0, 0.05) is 0 Å². The molecule has 2 heterocycles. The van der Waals surface area contributed by atoms with Gasteiger partial charge in [0.2, 0.25) is 4.77 Å². The van der Waals surface area contributed by atoms with Gasteiger partial charge in [0.15, 0.2) is 5.82 Å². The van der Waals surface area contributed by atoms with E-state index in [0.29, 0.717) is 10.6 Å².